The lowest BCUT2D eigenvalue weighted by Crippen LogP contribution is -2.37. The van der Waals surface area contributed by atoms with Crippen LogP contribution in [0.1, 0.15) is 26.7 Å². The summed E-state index contributed by atoms with van der Waals surface area (Å²) in [5, 5.41) is 20.4. The van der Waals surface area contributed by atoms with Crippen molar-refractivity contribution in [3.63, 3.8) is 0 Å². The molecular weight excluding hydrogens is 170 g/mol. The Bertz CT molecular complexity index is 83.5. The van der Waals surface area contributed by atoms with E-state index in [1.165, 1.54) is 0 Å². The van der Waals surface area contributed by atoms with E-state index in [0.29, 0.717) is 25.9 Å². The van der Waals surface area contributed by atoms with Crippen LogP contribution in [-0.2, 0) is 0 Å². The van der Waals surface area contributed by atoms with Crippen molar-refractivity contribution in [3.8, 4) is 0 Å². The average molecular weight is 193 g/mol. The van der Waals surface area contributed by atoms with E-state index in [2.05, 4.69) is 5.32 Å². The monoisotopic (exact) mass is 193 g/mol. The first-order chi connectivity index (χ1) is 6.12. The lowest BCUT2D eigenvalue weighted by molar-refractivity contribution is 0.0387. The van der Waals surface area contributed by atoms with Crippen LogP contribution in [-0.4, -0.2) is 35.8 Å². The zero-order chi connectivity index (χ0) is 10.7. The Morgan fingerprint density at radius 1 is 1.00 bits per heavy atom. The molecule has 0 saturated heterocycles. The van der Waals surface area contributed by atoms with E-state index in [0.717, 1.165) is 0 Å². The Labute approximate surface area is 80.1 Å². The standard InChI is InChI=1S/C6H15NO2.C2H8N2/c1-3-5(8)7-6(9)4-2;3-1-2-4/h5-9H,3-4H2,1-2H3;1-4H2. The molecule has 0 radical (unpaired) electrons. The zero-order valence-corrected chi connectivity index (χ0v) is 8.53. The van der Waals surface area contributed by atoms with Crippen LogP contribution in [0.5, 0.6) is 0 Å². The minimum atomic E-state index is -0.569. The maximum atomic E-state index is 8.89. The summed E-state index contributed by atoms with van der Waals surface area (Å²) in [7, 11) is 0. The summed E-state index contributed by atoms with van der Waals surface area (Å²) in [6.07, 6.45) is 0.105. The molecule has 0 spiro atoms. The highest BCUT2D eigenvalue weighted by Gasteiger charge is 2.03. The van der Waals surface area contributed by atoms with Gasteiger partial charge >= 0.3 is 0 Å². The van der Waals surface area contributed by atoms with Crippen molar-refractivity contribution in [2.75, 3.05) is 13.1 Å². The highest BCUT2D eigenvalue weighted by molar-refractivity contribution is 4.52. The van der Waals surface area contributed by atoms with Crippen molar-refractivity contribution in [2.45, 2.75) is 39.1 Å². The zero-order valence-electron chi connectivity index (χ0n) is 8.53. The van der Waals surface area contributed by atoms with Crippen LogP contribution in [0.15, 0.2) is 0 Å². The summed E-state index contributed by atoms with van der Waals surface area (Å²) < 4.78 is 0. The summed E-state index contributed by atoms with van der Waals surface area (Å²) in [6.45, 7) is 4.89. The fraction of sp³-hybridized carbons (Fsp3) is 1.00. The quantitative estimate of drug-likeness (QED) is 0.358. The summed E-state index contributed by atoms with van der Waals surface area (Å²) in [5.74, 6) is 0. The predicted molar refractivity (Wildman–Crippen MR) is 53.8 cm³/mol. The van der Waals surface area contributed by atoms with Gasteiger partial charge < -0.3 is 21.7 Å². The molecule has 13 heavy (non-hydrogen) atoms. The van der Waals surface area contributed by atoms with Gasteiger partial charge in [0.25, 0.3) is 0 Å². The third kappa shape index (κ3) is 14.6. The van der Waals surface area contributed by atoms with E-state index in [1.807, 2.05) is 13.8 Å². The maximum absolute atomic E-state index is 8.89. The van der Waals surface area contributed by atoms with Crippen molar-refractivity contribution >= 4 is 0 Å². The highest BCUT2D eigenvalue weighted by atomic mass is 16.3. The lowest BCUT2D eigenvalue weighted by Gasteiger charge is -2.14. The van der Waals surface area contributed by atoms with E-state index in [9.17, 15) is 0 Å². The predicted octanol–water partition coefficient (Wildman–Crippen LogP) is -1.06. The minimum absolute atomic E-state index is 0.569. The van der Waals surface area contributed by atoms with E-state index >= 15 is 0 Å². The molecule has 0 fully saturated rings. The summed E-state index contributed by atoms with van der Waals surface area (Å²) >= 11 is 0. The number of aliphatic hydroxyl groups excluding tert-OH is 2. The summed E-state index contributed by atoms with van der Waals surface area (Å²) in [4.78, 5) is 0. The van der Waals surface area contributed by atoms with Crippen LogP contribution in [0.3, 0.4) is 0 Å². The van der Waals surface area contributed by atoms with Crippen LogP contribution < -0.4 is 16.8 Å². The van der Waals surface area contributed by atoms with Crippen molar-refractivity contribution in [1.82, 2.24) is 5.32 Å². The molecule has 2 atom stereocenters. The van der Waals surface area contributed by atoms with Gasteiger partial charge in [-0.15, -0.1) is 0 Å². The normalized spacial score (nSPS) is 14.3. The second kappa shape index (κ2) is 11.8. The molecule has 0 aliphatic carbocycles. The third-order valence-electron chi connectivity index (χ3n) is 1.32. The molecule has 0 amide bonds. The van der Waals surface area contributed by atoms with Crippen molar-refractivity contribution < 1.29 is 10.2 Å². The van der Waals surface area contributed by atoms with Gasteiger partial charge in [-0.1, -0.05) is 13.8 Å². The van der Waals surface area contributed by atoms with Crippen molar-refractivity contribution in [1.29, 1.82) is 0 Å². The van der Waals surface area contributed by atoms with Gasteiger partial charge in [-0.2, -0.15) is 0 Å². The number of nitrogens with one attached hydrogen (secondary N) is 1. The second-order valence-corrected chi connectivity index (χ2v) is 2.59. The molecule has 0 aromatic rings. The summed E-state index contributed by atoms with van der Waals surface area (Å²) in [5.41, 5.74) is 9.81. The van der Waals surface area contributed by atoms with Crippen LogP contribution >= 0.6 is 0 Å². The van der Waals surface area contributed by atoms with Crippen LogP contribution in [0.25, 0.3) is 0 Å². The van der Waals surface area contributed by atoms with Gasteiger partial charge in [0.15, 0.2) is 0 Å². The molecule has 82 valence electrons. The fourth-order valence-electron chi connectivity index (χ4n) is 0.458. The van der Waals surface area contributed by atoms with Gasteiger partial charge in [0.1, 0.15) is 12.5 Å². The molecule has 0 aliphatic heterocycles. The molecule has 5 nitrogen and oxygen atoms in total. The van der Waals surface area contributed by atoms with E-state index in [-0.39, 0.29) is 0 Å². The number of nitrogens with two attached hydrogens (primary N) is 2. The number of aliphatic hydroxyl groups is 2. The first kappa shape index (κ1) is 15.3. The molecule has 5 heteroatoms. The Morgan fingerprint density at radius 3 is 1.46 bits per heavy atom. The molecular formula is C8H23N3O2. The molecule has 0 aromatic heterocycles. The summed E-state index contributed by atoms with van der Waals surface area (Å²) in [6, 6.07) is 0. The van der Waals surface area contributed by atoms with Gasteiger partial charge in [0.2, 0.25) is 0 Å². The molecule has 7 N–H and O–H groups in total. The van der Waals surface area contributed by atoms with Crippen molar-refractivity contribution in [2.24, 2.45) is 11.5 Å². The SMILES string of the molecule is CCC(O)NC(O)CC.NCCN. The van der Waals surface area contributed by atoms with Gasteiger partial charge in [0.05, 0.1) is 0 Å². The first-order valence-corrected chi connectivity index (χ1v) is 4.64. The van der Waals surface area contributed by atoms with Crippen LogP contribution in [0, 0.1) is 0 Å². The van der Waals surface area contributed by atoms with Gasteiger partial charge in [-0.25, -0.2) is 0 Å². The maximum Gasteiger partial charge on any atom is 0.106 e. The Kier molecular flexibility index (Phi) is 13.9. The lowest BCUT2D eigenvalue weighted by atomic mass is 10.3. The molecule has 0 aliphatic rings. The van der Waals surface area contributed by atoms with Crippen LogP contribution in [0.2, 0.25) is 0 Å². The van der Waals surface area contributed by atoms with E-state index in [1.54, 1.807) is 0 Å². The van der Waals surface area contributed by atoms with E-state index < -0.39 is 12.5 Å². The second-order valence-electron chi connectivity index (χ2n) is 2.59. The van der Waals surface area contributed by atoms with Gasteiger partial charge in [0, 0.05) is 13.1 Å². The molecule has 0 heterocycles. The Morgan fingerprint density at radius 2 is 1.31 bits per heavy atom. The number of hydrogen-bond acceptors (Lipinski definition) is 5. The Balaban J connectivity index is 0. The van der Waals surface area contributed by atoms with Crippen molar-refractivity contribution in [3.05, 3.63) is 0 Å². The highest BCUT2D eigenvalue weighted by Crippen LogP contribution is 1.89. The van der Waals surface area contributed by atoms with Gasteiger partial charge in [-0.3, -0.25) is 5.32 Å². The number of rotatable bonds is 5. The molecule has 0 saturated carbocycles. The largest absolute Gasteiger partial charge is 0.379 e. The topological polar surface area (TPSA) is 105 Å². The smallest absolute Gasteiger partial charge is 0.106 e. The molecule has 2 unspecified atom stereocenters. The van der Waals surface area contributed by atoms with E-state index in [4.69, 9.17) is 21.7 Å². The van der Waals surface area contributed by atoms with Crippen LogP contribution in [0.4, 0.5) is 0 Å². The van der Waals surface area contributed by atoms with Gasteiger partial charge in [-0.05, 0) is 12.8 Å². The minimum Gasteiger partial charge on any atom is -0.379 e. The fourth-order valence-corrected chi connectivity index (χ4v) is 0.458. The number of hydrogen-bond donors (Lipinski definition) is 5. The first-order valence-electron chi connectivity index (χ1n) is 4.64. The Hall–Kier alpha value is -0.200. The molecule has 0 bridgehead atoms. The third-order valence-corrected chi connectivity index (χ3v) is 1.32. The molecule has 0 rings (SSSR count). The molecule has 0 aromatic carbocycles. The average Bonchev–Trinajstić information content (AvgIpc) is 2.17.